The van der Waals surface area contributed by atoms with Gasteiger partial charge in [0.05, 0.1) is 49.7 Å². The molecule has 516 valence electrons. The predicted octanol–water partition coefficient (Wildman–Crippen LogP) is -1.83. The van der Waals surface area contributed by atoms with E-state index < -0.39 is 106 Å². The first kappa shape index (κ1) is 69.9. The molecule has 0 radical (unpaired) electrons. The fraction of sp³-hybridized carbons (Fsp3) is 0.414. The fourth-order valence-corrected chi connectivity index (χ4v) is 12.1. The SMILES string of the molecule is CC1(C)[C@H](NC(=O)/C(=N\O[C@@H](COc2ccc(-c3cnc(NCCN)[n+](CC4CNC4)c3)cc2)C(=O)O)c2csc(N)n2)C(=O)N1OS(=O)(=O)ON1C(=O)[C@@H](NC(=O)/C(=N\O[C@@H](COc2ccc(-c3cnc(NCCN)[n+](CC4CNC4)c3)cc2)C(=O)O)c2csc(N)n2)C1(C)C. The molecule has 4 aliphatic rings. The van der Waals surface area contributed by atoms with E-state index in [4.69, 9.17) is 50.7 Å². The van der Waals surface area contributed by atoms with Crippen LogP contribution in [0.4, 0.5) is 22.2 Å². The molecule has 4 amide bonds. The molecule has 0 unspecified atom stereocenters. The molecule has 0 spiro atoms. The normalized spacial score (nSPS) is 18.3. The highest BCUT2D eigenvalue weighted by Gasteiger charge is 2.61. The first-order chi connectivity index (χ1) is 46.3. The molecule has 0 saturated carbocycles. The van der Waals surface area contributed by atoms with Gasteiger partial charge in [0, 0.05) is 73.0 Å². The Hall–Kier alpha value is -9.87. The Morgan fingerprint density at radius 3 is 1.34 bits per heavy atom. The molecule has 4 aromatic heterocycles. The van der Waals surface area contributed by atoms with Gasteiger partial charge < -0.3 is 73.6 Å². The molecule has 6 aromatic rings. The summed E-state index contributed by atoms with van der Waals surface area (Å²) in [6.45, 7) is 11.0. The number of benzene rings is 2. The second-order valence-corrected chi connectivity index (χ2v) is 26.5. The molecular formula is C58H72N20O16S3+2. The van der Waals surface area contributed by atoms with Gasteiger partial charge in [-0.2, -0.15) is 18.5 Å². The minimum Gasteiger partial charge on any atom is -0.489 e. The maximum Gasteiger partial charge on any atom is 0.442 e. The molecule has 10 rings (SSSR count). The lowest BCUT2D eigenvalue weighted by molar-refractivity contribution is -0.692. The molecule has 4 fully saturated rings. The highest BCUT2D eigenvalue weighted by atomic mass is 32.3. The molecule has 0 aliphatic carbocycles. The van der Waals surface area contributed by atoms with E-state index in [-0.39, 0.29) is 33.1 Å². The zero-order valence-electron chi connectivity index (χ0n) is 52.6. The predicted molar refractivity (Wildman–Crippen MR) is 346 cm³/mol. The molecule has 4 atom stereocenters. The van der Waals surface area contributed by atoms with Gasteiger partial charge in [-0.25, -0.2) is 28.7 Å². The van der Waals surface area contributed by atoms with Gasteiger partial charge in [0.15, 0.2) is 21.7 Å². The van der Waals surface area contributed by atoms with Crippen molar-refractivity contribution in [1.82, 2.24) is 51.3 Å². The number of oxime groups is 2. The van der Waals surface area contributed by atoms with Crippen molar-refractivity contribution in [1.29, 1.82) is 0 Å². The van der Waals surface area contributed by atoms with E-state index in [9.17, 15) is 47.4 Å². The summed E-state index contributed by atoms with van der Waals surface area (Å²) in [7, 11) is -5.38. The quantitative estimate of drug-likeness (QED) is 0.00915. The Bertz CT molecular complexity index is 3820. The average Bonchev–Trinajstić information content (AvgIpc) is 0.894. The second-order valence-electron chi connectivity index (χ2n) is 23.6. The number of carboxylic acids is 2. The fourth-order valence-electron chi connectivity index (χ4n) is 10.1. The Kier molecular flexibility index (Phi) is 21.7. The van der Waals surface area contributed by atoms with Crippen molar-refractivity contribution < 1.29 is 84.2 Å². The number of hydrogen-bond donors (Lipinski definition) is 12. The maximum absolute atomic E-state index is 14.0. The number of rotatable bonds is 34. The maximum atomic E-state index is 14.0. The summed E-state index contributed by atoms with van der Waals surface area (Å²) in [6.07, 6.45) is 3.80. The van der Waals surface area contributed by atoms with Gasteiger partial charge in [0.25, 0.3) is 35.8 Å². The number of carbonyl (C=O) groups is 6. The van der Waals surface area contributed by atoms with Crippen LogP contribution < -0.4 is 73.4 Å². The Labute approximate surface area is 561 Å². The number of nitrogens with zero attached hydrogens (tertiary/aromatic N) is 10. The monoisotopic (exact) mass is 1400 g/mol. The summed E-state index contributed by atoms with van der Waals surface area (Å²) in [5, 5.41) is 49.1. The van der Waals surface area contributed by atoms with Crippen LogP contribution in [0.1, 0.15) is 39.1 Å². The summed E-state index contributed by atoms with van der Waals surface area (Å²) in [4.78, 5) is 108. The minimum absolute atomic E-state index is 0.0169. The van der Waals surface area contributed by atoms with Crippen molar-refractivity contribution in [3.63, 3.8) is 0 Å². The van der Waals surface area contributed by atoms with Crippen molar-refractivity contribution >= 4 is 102 Å². The molecule has 0 bridgehead atoms. The summed E-state index contributed by atoms with van der Waals surface area (Å²) < 4.78 is 52.7. The zero-order valence-corrected chi connectivity index (χ0v) is 55.1. The van der Waals surface area contributed by atoms with Crippen LogP contribution in [0.5, 0.6) is 11.5 Å². The van der Waals surface area contributed by atoms with Crippen LogP contribution in [0.3, 0.4) is 0 Å². The highest BCUT2D eigenvalue weighted by Crippen LogP contribution is 2.37. The largest absolute Gasteiger partial charge is 0.489 e. The summed E-state index contributed by atoms with van der Waals surface area (Å²) in [5.74, 6) is -4.79. The summed E-state index contributed by atoms with van der Waals surface area (Å²) in [6, 6.07) is 10.5. The van der Waals surface area contributed by atoms with Gasteiger partial charge in [-0.05, 0) is 63.1 Å². The number of aliphatic carboxylic acids is 2. The second kappa shape index (κ2) is 30.0. The highest BCUT2D eigenvalue weighted by molar-refractivity contribution is 7.81. The van der Waals surface area contributed by atoms with Crippen LogP contribution in [-0.2, 0) is 70.5 Å². The number of anilines is 4. The molecule has 16 N–H and O–H groups in total. The number of hydrogen-bond acceptors (Lipinski definition) is 30. The Balaban J connectivity index is 0.729. The number of β-lactam (4-membered cyclic amide) rings is 2. The standard InChI is InChI=1S/C58H70N20O16S3/c1-57(2)45(71-47(79)43(39-29-95-53(61)69-39)73-91-41(51(83)84)27-89-37-9-5-33(6-10-37)35-21-67-55(65-15-13-59)75(25-35)23-31-17-63-18-31)49(81)77(57)93-97(87,88)94-78-50(82)46(58(78,3)4)72-48(80)44(40-30-96-54(62)70-40)74-92-42(52(85)86)28-90-38-11-7-34(8-12-38)36-22-68-56(66-16-14-60)76(26-36)24-32-19-64-20-32/h5-12,21-22,25-26,29-32,41-42,45-46,63-64H,13-20,23-24,27-28,59-60H2,1-4H3,(H8,61,62,69,70,71,72,79,80,83,84,85,86)/p+2/b73-43-,74-44-/t41-,42-,45+,46+/m0/s1. The van der Waals surface area contributed by atoms with Gasteiger partial charge in [-0.1, -0.05) is 44.5 Å². The van der Waals surface area contributed by atoms with Gasteiger partial charge >= 0.3 is 34.2 Å². The van der Waals surface area contributed by atoms with Crippen molar-refractivity contribution in [2.75, 3.05) is 87.7 Å². The number of carboxylic acid groups (broad SMARTS) is 2. The van der Waals surface area contributed by atoms with Crippen LogP contribution in [0.25, 0.3) is 22.3 Å². The number of nitrogen functional groups attached to an aromatic ring is 2. The number of carbonyl (C=O) groups excluding carboxylic acids is 4. The van der Waals surface area contributed by atoms with Gasteiger partial charge in [0.1, 0.15) is 60.6 Å². The topological polar surface area (TPSA) is 499 Å². The lowest BCUT2D eigenvalue weighted by Gasteiger charge is -2.52. The smallest absolute Gasteiger partial charge is 0.442 e. The van der Waals surface area contributed by atoms with Crippen LogP contribution in [0.2, 0.25) is 0 Å². The van der Waals surface area contributed by atoms with Gasteiger partial charge in [-0.3, -0.25) is 29.8 Å². The van der Waals surface area contributed by atoms with Crippen LogP contribution in [0, 0.1) is 11.8 Å². The molecule has 2 aromatic carbocycles. The molecule has 39 heteroatoms. The third kappa shape index (κ3) is 16.5. The first-order valence-electron chi connectivity index (χ1n) is 30.2. The molecule has 36 nitrogen and oxygen atoms in total. The molecule has 4 aliphatic heterocycles. The lowest BCUT2D eigenvalue weighted by Crippen LogP contribution is -2.78. The van der Waals surface area contributed by atoms with E-state index in [0.717, 1.165) is 84.2 Å². The van der Waals surface area contributed by atoms with Crippen LogP contribution >= 0.6 is 22.7 Å². The number of nitrogens with one attached hydrogen (secondary N) is 6. The van der Waals surface area contributed by atoms with E-state index >= 15 is 0 Å². The van der Waals surface area contributed by atoms with E-state index in [2.05, 4.69) is 62.1 Å². The van der Waals surface area contributed by atoms with E-state index in [1.807, 2.05) is 21.5 Å². The zero-order chi connectivity index (χ0) is 69.3. The minimum atomic E-state index is -5.38. The number of amides is 4. The Morgan fingerprint density at radius 2 is 1.03 bits per heavy atom. The van der Waals surface area contributed by atoms with Crippen molar-refractivity contribution in [3.05, 3.63) is 95.5 Å². The van der Waals surface area contributed by atoms with Gasteiger partial charge in [-0.15, -0.1) is 31.2 Å². The third-order valence-electron chi connectivity index (χ3n) is 15.7. The molecular weight excluding hydrogens is 1330 g/mol. The van der Waals surface area contributed by atoms with E-state index in [0.29, 0.717) is 60.0 Å². The number of nitrogens with two attached hydrogens (primary N) is 4. The third-order valence-corrected chi connectivity index (χ3v) is 17.8. The van der Waals surface area contributed by atoms with Crippen molar-refractivity contribution in [3.8, 4) is 33.8 Å². The summed E-state index contributed by atoms with van der Waals surface area (Å²) in [5.41, 5.74) is 21.4. The Morgan fingerprint density at radius 1 is 0.649 bits per heavy atom. The first-order valence-corrected chi connectivity index (χ1v) is 33.3. The van der Waals surface area contributed by atoms with Crippen LogP contribution in [-0.4, -0.2) is 197 Å². The number of thiazole rings is 2. The number of ether oxygens (including phenoxy) is 2. The van der Waals surface area contributed by atoms with Gasteiger partial charge in [0.2, 0.25) is 0 Å². The van der Waals surface area contributed by atoms with E-state index in [1.54, 1.807) is 60.9 Å². The van der Waals surface area contributed by atoms with E-state index in [1.165, 1.54) is 38.5 Å². The molecule has 8 heterocycles. The average molecular weight is 1400 g/mol. The summed E-state index contributed by atoms with van der Waals surface area (Å²) >= 11 is 1.81. The van der Waals surface area contributed by atoms with Crippen molar-refractivity contribution in [2.24, 2.45) is 33.6 Å². The van der Waals surface area contributed by atoms with Crippen LogP contribution in [0.15, 0.2) is 94.4 Å². The lowest BCUT2D eigenvalue weighted by atomic mass is 9.84. The number of aromatic nitrogens is 6. The number of hydroxylamine groups is 4. The molecule has 97 heavy (non-hydrogen) atoms. The molecule has 4 saturated heterocycles. The van der Waals surface area contributed by atoms with Crippen molar-refractivity contribution in [2.45, 2.75) is 76.2 Å².